The molecule has 1 saturated carbocycles. The number of carbonyl (C=O) groups excluding carboxylic acids is 1. The molecular weight excluding hydrogens is 272 g/mol. The van der Waals surface area contributed by atoms with Gasteiger partial charge in [0.1, 0.15) is 0 Å². The Hall–Kier alpha value is -1.35. The molecule has 0 unspecified atom stereocenters. The van der Waals surface area contributed by atoms with Crippen LogP contribution in [-0.2, 0) is 11.2 Å². The zero-order valence-corrected chi connectivity index (χ0v) is 14.1. The minimum absolute atomic E-state index is 0.159. The second kappa shape index (κ2) is 8.94. The van der Waals surface area contributed by atoms with Gasteiger partial charge in [0.2, 0.25) is 5.91 Å². The molecule has 0 heterocycles. The summed E-state index contributed by atoms with van der Waals surface area (Å²) in [5, 5.41) is 3.02. The average molecular weight is 302 g/mol. The summed E-state index contributed by atoms with van der Waals surface area (Å²) in [6.45, 7) is 1.05. The summed E-state index contributed by atoms with van der Waals surface area (Å²) in [6, 6.07) is 8.26. The molecule has 1 aliphatic rings. The minimum Gasteiger partial charge on any atom is -0.326 e. The van der Waals surface area contributed by atoms with E-state index in [9.17, 15) is 4.79 Å². The minimum atomic E-state index is 0.159. The highest BCUT2D eigenvalue weighted by Crippen LogP contribution is 2.27. The Balaban J connectivity index is 1.71. The Bertz CT molecular complexity index is 447. The number of carbonyl (C=O) groups is 1. The van der Waals surface area contributed by atoms with Crippen LogP contribution in [0, 0.1) is 5.92 Å². The maximum absolute atomic E-state index is 12.0. The molecule has 0 bridgehead atoms. The highest BCUT2D eigenvalue weighted by atomic mass is 16.1. The van der Waals surface area contributed by atoms with Crippen molar-refractivity contribution in [2.45, 2.75) is 51.4 Å². The molecule has 1 aliphatic carbocycles. The fourth-order valence-electron chi connectivity index (χ4n) is 3.14. The van der Waals surface area contributed by atoms with E-state index in [2.05, 4.69) is 36.4 Å². The first kappa shape index (κ1) is 17.0. The van der Waals surface area contributed by atoms with Crippen molar-refractivity contribution in [3.8, 4) is 0 Å². The highest BCUT2D eigenvalue weighted by Gasteiger charge is 2.14. The molecule has 3 nitrogen and oxygen atoms in total. The summed E-state index contributed by atoms with van der Waals surface area (Å²) in [7, 11) is 4.17. The molecule has 0 aromatic heterocycles. The van der Waals surface area contributed by atoms with E-state index in [0.717, 1.165) is 31.0 Å². The maximum Gasteiger partial charge on any atom is 0.224 e. The van der Waals surface area contributed by atoms with Crippen LogP contribution in [0.15, 0.2) is 24.3 Å². The van der Waals surface area contributed by atoms with Crippen LogP contribution >= 0.6 is 0 Å². The van der Waals surface area contributed by atoms with Gasteiger partial charge in [-0.05, 0) is 50.6 Å². The zero-order chi connectivity index (χ0) is 15.8. The lowest BCUT2D eigenvalue weighted by molar-refractivity contribution is -0.116. The summed E-state index contributed by atoms with van der Waals surface area (Å²) in [6.07, 6.45) is 9.45. The van der Waals surface area contributed by atoms with Crippen LogP contribution in [0.4, 0.5) is 5.69 Å². The number of benzene rings is 1. The number of rotatable bonds is 7. The van der Waals surface area contributed by atoms with Gasteiger partial charge >= 0.3 is 0 Å². The SMILES string of the molecule is CN(C)CCc1ccc(NC(=O)CCC2CCCCC2)cc1. The summed E-state index contributed by atoms with van der Waals surface area (Å²) >= 11 is 0. The van der Waals surface area contributed by atoms with Gasteiger partial charge in [-0.15, -0.1) is 0 Å². The number of likely N-dealkylation sites (N-methyl/N-ethyl adjacent to an activating group) is 1. The van der Waals surface area contributed by atoms with E-state index in [1.54, 1.807) is 0 Å². The maximum atomic E-state index is 12.0. The van der Waals surface area contributed by atoms with E-state index >= 15 is 0 Å². The average Bonchev–Trinajstić information content (AvgIpc) is 2.53. The molecule has 2 rings (SSSR count). The van der Waals surface area contributed by atoms with Gasteiger partial charge < -0.3 is 10.2 Å². The van der Waals surface area contributed by atoms with Gasteiger partial charge in [0.05, 0.1) is 0 Å². The van der Waals surface area contributed by atoms with Crippen molar-refractivity contribution in [2.24, 2.45) is 5.92 Å². The van der Waals surface area contributed by atoms with Crippen LogP contribution in [-0.4, -0.2) is 31.4 Å². The van der Waals surface area contributed by atoms with Gasteiger partial charge in [0.15, 0.2) is 0 Å². The smallest absolute Gasteiger partial charge is 0.224 e. The molecule has 0 spiro atoms. The first-order chi connectivity index (χ1) is 10.6. The number of hydrogen-bond acceptors (Lipinski definition) is 2. The number of nitrogens with zero attached hydrogens (tertiary/aromatic N) is 1. The molecule has 0 atom stereocenters. The molecule has 1 fully saturated rings. The fourth-order valence-corrected chi connectivity index (χ4v) is 3.14. The monoisotopic (exact) mass is 302 g/mol. The van der Waals surface area contributed by atoms with Gasteiger partial charge in [0, 0.05) is 18.7 Å². The first-order valence-corrected chi connectivity index (χ1v) is 8.67. The Morgan fingerprint density at radius 2 is 1.82 bits per heavy atom. The highest BCUT2D eigenvalue weighted by molar-refractivity contribution is 5.90. The molecular formula is C19H30N2O. The lowest BCUT2D eigenvalue weighted by Crippen LogP contribution is -2.15. The first-order valence-electron chi connectivity index (χ1n) is 8.67. The molecule has 3 heteroatoms. The number of anilines is 1. The second-order valence-electron chi connectivity index (χ2n) is 6.84. The lowest BCUT2D eigenvalue weighted by atomic mass is 9.86. The molecule has 1 aromatic rings. The molecule has 0 saturated heterocycles. The predicted molar refractivity (Wildman–Crippen MR) is 93.1 cm³/mol. The van der Waals surface area contributed by atoms with E-state index < -0.39 is 0 Å². The van der Waals surface area contributed by atoms with Crippen molar-refractivity contribution in [2.75, 3.05) is 26.0 Å². The molecule has 122 valence electrons. The molecule has 1 amide bonds. The van der Waals surface area contributed by atoms with Gasteiger partial charge in [0.25, 0.3) is 0 Å². The van der Waals surface area contributed by atoms with Crippen LogP contribution in [0.3, 0.4) is 0 Å². The van der Waals surface area contributed by atoms with Crippen molar-refractivity contribution in [3.63, 3.8) is 0 Å². The van der Waals surface area contributed by atoms with Gasteiger partial charge in [-0.1, -0.05) is 44.2 Å². The second-order valence-corrected chi connectivity index (χ2v) is 6.84. The van der Waals surface area contributed by atoms with E-state index in [-0.39, 0.29) is 5.91 Å². The van der Waals surface area contributed by atoms with Crippen molar-refractivity contribution in [3.05, 3.63) is 29.8 Å². The normalized spacial score (nSPS) is 16.0. The number of amides is 1. The standard InChI is InChI=1S/C19H30N2O/c1-21(2)15-14-17-8-11-18(12-9-17)20-19(22)13-10-16-6-4-3-5-7-16/h8-9,11-12,16H,3-7,10,13-15H2,1-2H3,(H,20,22). The van der Waals surface area contributed by atoms with Crippen LogP contribution in [0.25, 0.3) is 0 Å². The van der Waals surface area contributed by atoms with Crippen molar-refractivity contribution >= 4 is 11.6 Å². The van der Waals surface area contributed by atoms with Crippen LogP contribution in [0.1, 0.15) is 50.5 Å². The molecule has 1 N–H and O–H groups in total. The molecule has 0 radical (unpaired) electrons. The summed E-state index contributed by atoms with van der Waals surface area (Å²) in [4.78, 5) is 14.2. The van der Waals surface area contributed by atoms with E-state index in [0.29, 0.717) is 6.42 Å². The third-order valence-electron chi connectivity index (χ3n) is 4.59. The van der Waals surface area contributed by atoms with Gasteiger partial charge in [-0.2, -0.15) is 0 Å². The Labute approximate surface area is 135 Å². The molecule has 1 aromatic carbocycles. The number of hydrogen-bond donors (Lipinski definition) is 1. The third-order valence-corrected chi connectivity index (χ3v) is 4.59. The van der Waals surface area contributed by atoms with Crippen LogP contribution in [0.5, 0.6) is 0 Å². The largest absolute Gasteiger partial charge is 0.326 e. The summed E-state index contributed by atoms with van der Waals surface area (Å²) < 4.78 is 0. The van der Waals surface area contributed by atoms with Crippen molar-refractivity contribution in [1.29, 1.82) is 0 Å². The Morgan fingerprint density at radius 3 is 2.45 bits per heavy atom. The van der Waals surface area contributed by atoms with Gasteiger partial charge in [-0.3, -0.25) is 4.79 Å². The Morgan fingerprint density at radius 1 is 1.14 bits per heavy atom. The van der Waals surface area contributed by atoms with Crippen LogP contribution in [0.2, 0.25) is 0 Å². The van der Waals surface area contributed by atoms with E-state index in [4.69, 9.17) is 0 Å². The number of nitrogens with one attached hydrogen (secondary N) is 1. The van der Waals surface area contributed by atoms with Crippen molar-refractivity contribution < 1.29 is 4.79 Å². The zero-order valence-electron chi connectivity index (χ0n) is 14.1. The Kier molecular flexibility index (Phi) is 6.91. The van der Waals surface area contributed by atoms with E-state index in [1.165, 1.54) is 37.7 Å². The molecule has 22 heavy (non-hydrogen) atoms. The van der Waals surface area contributed by atoms with Crippen molar-refractivity contribution in [1.82, 2.24) is 4.90 Å². The van der Waals surface area contributed by atoms with Gasteiger partial charge in [-0.25, -0.2) is 0 Å². The van der Waals surface area contributed by atoms with Crippen LogP contribution < -0.4 is 5.32 Å². The lowest BCUT2D eigenvalue weighted by Gasteiger charge is -2.21. The van der Waals surface area contributed by atoms with E-state index in [1.807, 2.05) is 12.1 Å². The summed E-state index contributed by atoms with van der Waals surface area (Å²) in [5.41, 5.74) is 2.23. The molecule has 0 aliphatic heterocycles. The fraction of sp³-hybridized carbons (Fsp3) is 0.632. The predicted octanol–water partition coefficient (Wildman–Crippen LogP) is 4.09. The summed E-state index contributed by atoms with van der Waals surface area (Å²) in [5.74, 6) is 0.930. The third kappa shape index (κ3) is 6.18. The quantitative estimate of drug-likeness (QED) is 0.823. The topological polar surface area (TPSA) is 32.3 Å².